The van der Waals surface area contributed by atoms with Crippen LogP contribution in [0.4, 0.5) is 11.4 Å². The average molecular weight is 355 g/mol. The number of halogens is 1. The van der Waals surface area contributed by atoms with Crippen molar-refractivity contribution in [3.8, 4) is 0 Å². The molecular formula is C20H19ClN2O2. The molecule has 0 spiro atoms. The number of amides is 2. The zero-order valence-electron chi connectivity index (χ0n) is 13.9. The lowest BCUT2D eigenvalue weighted by molar-refractivity contribution is -0.126. The van der Waals surface area contributed by atoms with E-state index >= 15 is 0 Å². The van der Waals surface area contributed by atoms with Gasteiger partial charge in [-0.2, -0.15) is 0 Å². The molecule has 0 saturated heterocycles. The Morgan fingerprint density at radius 2 is 2.04 bits per heavy atom. The summed E-state index contributed by atoms with van der Waals surface area (Å²) in [4.78, 5) is 24.6. The predicted molar refractivity (Wildman–Crippen MR) is 98.9 cm³/mol. The average Bonchev–Trinajstić information content (AvgIpc) is 2.90. The fourth-order valence-electron chi connectivity index (χ4n) is 4.01. The van der Waals surface area contributed by atoms with Crippen molar-refractivity contribution in [1.82, 2.24) is 0 Å². The molecule has 1 saturated carbocycles. The molecule has 25 heavy (non-hydrogen) atoms. The Morgan fingerprint density at radius 3 is 2.76 bits per heavy atom. The molecule has 1 aliphatic carbocycles. The van der Waals surface area contributed by atoms with Crippen LogP contribution >= 0.6 is 11.6 Å². The van der Waals surface area contributed by atoms with E-state index in [-0.39, 0.29) is 11.8 Å². The number of nitrogens with one attached hydrogen (secondary N) is 2. The van der Waals surface area contributed by atoms with Crippen molar-refractivity contribution < 1.29 is 9.59 Å². The second-order valence-corrected chi connectivity index (χ2v) is 7.59. The van der Waals surface area contributed by atoms with Crippen LogP contribution in [0.5, 0.6) is 0 Å². The third-order valence-electron chi connectivity index (χ3n) is 5.20. The summed E-state index contributed by atoms with van der Waals surface area (Å²) < 4.78 is 0. The van der Waals surface area contributed by atoms with Crippen molar-refractivity contribution in [3.63, 3.8) is 0 Å². The van der Waals surface area contributed by atoms with Gasteiger partial charge in [0.05, 0.1) is 11.8 Å². The molecule has 2 aliphatic rings. The zero-order chi connectivity index (χ0) is 17.6. The number of rotatable bonds is 3. The monoisotopic (exact) mass is 354 g/mol. The van der Waals surface area contributed by atoms with Crippen molar-refractivity contribution in [2.75, 3.05) is 10.6 Å². The largest absolute Gasteiger partial charge is 0.325 e. The highest BCUT2D eigenvalue weighted by molar-refractivity contribution is 6.30. The van der Waals surface area contributed by atoms with Crippen molar-refractivity contribution >= 4 is 34.8 Å². The number of hydrogen-bond donors (Lipinski definition) is 2. The van der Waals surface area contributed by atoms with E-state index in [2.05, 4.69) is 17.6 Å². The van der Waals surface area contributed by atoms with Gasteiger partial charge in [0.1, 0.15) is 0 Å². The van der Waals surface area contributed by atoms with Gasteiger partial charge >= 0.3 is 0 Å². The molecule has 0 radical (unpaired) electrons. The summed E-state index contributed by atoms with van der Waals surface area (Å²) in [7, 11) is 0. The molecule has 2 amide bonds. The summed E-state index contributed by atoms with van der Waals surface area (Å²) in [5, 5.41) is 6.49. The highest BCUT2D eigenvalue weighted by atomic mass is 35.5. The molecule has 2 aromatic rings. The predicted octanol–water partition coefficient (Wildman–Crippen LogP) is 4.14. The van der Waals surface area contributed by atoms with Gasteiger partial charge in [-0.1, -0.05) is 36.7 Å². The van der Waals surface area contributed by atoms with Gasteiger partial charge in [-0.25, -0.2) is 0 Å². The number of hydrogen-bond acceptors (Lipinski definition) is 2. The van der Waals surface area contributed by atoms with E-state index in [1.807, 2.05) is 42.5 Å². The Labute approximate surface area is 151 Å². The Morgan fingerprint density at radius 1 is 1.24 bits per heavy atom. The van der Waals surface area contributed by atoms with Crippen LogP contribution in [0.1, 0.15) is 30.9 Å². The lowest BCUT2D eigenvalue weighted by Gasteiger charge is -2.45. The molecule has 1 fully saturated rings. The van der Waals surface area contributed by atoms with Crippen LogP contribution in [-0.4, -0.2) is 11.8 Å². The van der Waals surface area contributed by atoms with Crippen molar-refractivity contribution in [2.45, 2.75) is 31.6 Å². The first-order valence-electron chi connectivity index (χ1n) is 8.46. The third-order valence-corrected chi connectivity index (χ3v) is 5.43. The van der Waals surface area contributed by atoms with E-state index in [0.717, 1.165) is 29.7 Å². The van der Waals surface area contributed by atoms with Crippen molar-refractivity contribution in [2.24, 2.45) is 5.92 Å². The first-order valence-corrected chi connectivity index (χ1v) is 8.84. The Kier molecular flexibility index (Phi) is 3.80. The number of fused-ring (bicyclic) bond motifs is 1. The Bertz CT molecular complexity index is 872. The smallest absolute Gasteiger partial charge is 0.235 e. The third kappa shape index (κ3) is 2.81. The minimum Gasteiger partial charge on any atom is -0.325 e. The molecule has 2 N–H and O–H groups in total. The van der Waals surface area contributed by atoms with Gasteiger partial charge in [0.25, 0.3) is 0 Å². The topological polar surface area (TPSA) is 58.2 Å². The summed E-state index contributed by atoms with van der Waals surface area (Å²) in [6.45, 7) is 2.15. The van der Waals surface area contributed by atoms with Crippen LogP contribution in [0, 0.1) is 5.92 Å². The molecule has 1 aliphatic heterocycles. The van der Waals surface area contributed by atoms with Crippen LogP contribution in [0.2, 0.25) is 5.02 Å². The SMILES string of the molecule is CC1CC(C(=O)Nc2ccc3c(c2)NC(=O)C3)(c2cccc(Cl)c2)C1. The molecule has 5 heteroatoms. The maximum Gasteiger partial charge on any atom is 0.235 e. The lowest BCUT2D eigenvalue weighted by Crippen LogP contribution is -2.49. The van der Waals surface area contributed by atoms with E-state index in [9.17, 15) is 9.59 Å². The standard InChI is InChI=1S/C20H19ClN2O2/c1-12-10-20(11-12,14-3-2-4-15(21)8-14)19(25)22-16-6-5-13-7-18(24)23-17(13)9-16/h2-6,8-9,12H,7,10-11H2,1H3,(H,22,25)(H,23,24). The maximum absolute atomic E-state index is 13.1. The van der Waals surface area contributed by atoms with Crippen LogP contribution < -0.4 is 10.6 Å². The zero-order valence-corrected chi connectivity index (χ0v) is 14.7. The van der Waals surface area contributed by atoms with Gasteiger partial charge in [0.2, 0.25) is 11.8 Å². The Balaban J connectivity index is 1.61. The van der Waals surface area contributed by atoms with Crippen molar-refractivity contribution in [3.05, 3.63) is 58.6 Å². The van der Waals surface area contributed by atoms with E-state index in [1.165, 1.54) is 0 Å². The molecule has 4 rings (SSSR count). The van der Waals surface area contributed by atoms with Gasteiger partial charge in [0.15, 0.2) is 0 Å². The number of anilines is 2. The lowest BCUT2D eigenvalue weighted by atomic mass is 9.58. The molecule has 128 valence electrons. The highest BCUT2D eigenvalue weighted by Crippen LogP contribution is 2.48. The summed E-state index contributed by atoms with van der Waals surface area (Å²) in [5.41, 5.74) is 2.87. The summed E-state index contributed by atoms with van der Waals surface area (Å²) in [6.07, 6.45) is 2.01. The summed E-state index contributed by atoms with van der Waals surface area (Å²) in [5.74, 6) is 0.475. The first kappa shape index (κ1) is 16.2. The van der Waals surface area contributed by atoms with Gasteiger partial charge in [-0.05, 0) is 54.2 Å². The number of benzene rings is 2. The first-order chi connectivity index (χ1) is 12.0. The molecule has 0 aromatic heterocycles. The fraction of sp³-hybridized carbons (Fsp3) is 0.300. The quantitative estimate of drug-likeness (QED) is 0.870. The maximum atomic E-state index is 13.1. The second kappa shape index (κ2) is 5.88. The highest BCUT2D eigenvalue weighted by Gasteiger charge is 2.49. The number of carbonyl (C=O) groups is 2. The molecule has 1 heterocycles. The minimum atomic E-state index is -0.535. The second-order valence-electron chi connectivity index (χ2n) is 7.16. The van der Waals surface area contributed by atoms with E-state index in [0.29, 0.717) is 23.0 Å². The van der Waals surface area contributed by atoms with Crippen molar-refractivity contribution in [1.29, 1.82) is 0 Å². The summed E-state index contributed by atoms with van der Waals surface area (Å²) >= 11 is 6.14. The van der Waals surface area contributed by atoms with E-state index in [1.54, 1.807) is 0 Å². The van der Waals surface area contributed by atoms with Gasteiger partial charge in [-0.3, -0.25) is 9.59 Å². The van der Waals surface area contributed by atoms with Gasteiger partial charge in [0, 0.05) is 16.4 Å². The normalized spacial score (nSPS) is 24.2. The van der Waals surface area contributed by atoms with E-state index < -0.39 is 5.41 Å². The molecule has 0 unspecified atom stereocenters. The molecule has 0 bridgehead atoms. The summed E-state index contributed by atoms with van der Waals surface area (Å²) in [6, 6.07) is 13.1. The van der Waals surface area contributed by atoms with E-state index in [4.69, 9.17) is 11.6 Å². The molecule has 0 atom stereocenters. The van der Waals surface area contributed by atoms with Crippen LogP contribution in [0.3, 0.4) is 0 Å². The Hall–Kier alpha value is -2.33. The van der Waals surface area contributed by atoms with Crippen LogP contribution in [0.15, 0.2) is 42.5 Å². The van der Waals surface area contributed by atoms with Crippen LogP contribution in [-0.2, 0) is 21.4 Å². The van der Waals surface area contributed by atoms with Gasteiger partial charge < -0.3 is 10.6 Å². The molecular weight excluding hydrogens is 336 g/mol. The minimum absolute atomic E-state index is 0.0123. The fourth-order valence-corrected chi connectivity index (χ4v) is 4.20. The molecule has 2 aromatic carbocycles. The molecule has 4 nitrogen and oxygen atoms in total. The van der Waals surface area contributed by atoms with Crippen LogP contribution in [0.25, 0.3) is 0 Å². The number of carbonyl (C=O) groups excluding carboxylic acids is 2. The van der Waals surface area contributed by atoms with Gasteiger partial charge in [-0.15, -0.1) is 0 Å².